The summed E-state index contributed by atoms with van der Waals surface area (Å²) in [5.41, 5.74) is 0.216. The van der Waals surface area contributed by atoms with Gasteiger partial charge in [0, 0.05) is 18.3 Å². The Bertz CT molecular complexity index is 662. The highest BCUT2D eigenvalue weighted by molar-refractivity contribution is 7.95. The molecule has 2 N–H and O–H groups in total. The SMILES string of the molecule is Cc1ccnc(F)c1NS(=O)(=O)/C=C/NC(=O)C1CCCC1. The minimum Gasteiger partial charge on any atom is -0.332 e. The van der Waals surface area contributed by atoms with E-state index in [1.54, 1.807) is 6.92 Å². The molecule has 1 amide bonds. The van der Waals surface area contributed by atoms with Crippen LogP contribution in [-0.2, 0) is 14.8 Å². The molecule has 120 valence electrons. The highest BCUT2D eigenvalue weighted by Gasteiger charge is 2.21. The van der Waals surface area contributed by atoms with E-state index in [4.69, 9.17) is 0 Å². The summed E-state index contributed by atoms with van der Waals surface area (Å²) in [6, 6.07) is 1.49. The molecule has 8 heteroatoms. The fourth-order valence-corrected chi connectivity index (χ4v) is 3.18. The molecule has 1 fully saturated rings. The van der Waals surface area contributed by atoms with Crippen molar-refractivity contribution in [2.75, 3.05) is 4.72 Å². The fourth-order valence-electron chi connectivity index (χ4n) is 2.34. The Balaban J connectivity index is 1.98. The summed E-state index contributed by atoms with van der Waals surface area (Å²) in [5, 5.41) is 3.25. The first-order chi connectivity index (χ1) is 10.4. The first kappa shape index (κ1) is 16.4. The first-order valence-electron chi connectivity index (χ1n) is 7.00. The average Bonchev–Trinajstić information content (AvgIpc) is 2.97. The second-order valence-electron chi connectivity index (χ2n) is 5.23. The topological polar surface area (TPSA) is 88.2 Å². The third-order valence-corrected chi connectivity index (χ3v) is 4.54. The van der Waals surface area contributed by atoms with E-state index in [1.165, 1.54) is 12.3 Å². The maximum absolute atomic E-state index is 13.5. The number of anilines is 1. The number of amides is 1. The molecule has 1 aliphatic rings. The fraction of sp³-hybridized carbons (Fsp3) is 0.429. The van der Waals surface area contributed by atoms with Gasteiger partial charge in [0.15, 0.2) is 0 Å². The molecule has 0 atom stereocenters. The van der Waals surface area contributed by atoms with Crippen LogP contribution in [0.2, 0.25) is 0 Å². The van der Waals surface area contributed by atoms with E-state index in [2.05, 4.69) is 15.0 Å². The number of nitrogens with one attached hydrogen (secondary N) is 2. The quantitative estimate of drug-likeness (QED) is 0.810. The molecule has 0 aliphatic heterocycles. The van der Waals surface area contributed by atoms with E-state index in [9.17, 15) is 17.6 Å². The molecule has 0 radical (unpaired) electrons. The van der Waals surface area contributed by atoms with Crippen molar-refractivity contribution in [1.29, 1.82) is 0 Å². The number of halogens is 1. The summed E-state index contributed by atoms with van der Waals surface area (Å²) in [6.45, 7) is 1.56. The summed E-state index contributed by atoms with van der Waals surface area (Å²) >= 11 is 0. The van der Waals surface area contributed by atoms with Crippen LogP contribution in [0.5, 0.6) is 0 Å². The van der Waals surface area contributed by atoms with Crippen LogP contribution in [-0.4, -0.2) is 19.3 Å². The second kappa shape index (κ2) is 6.87. The summed E-state index contributed by atoms with van der Waals surface area (Å²) in [5.74, 6) is -1.14. The summed E-state index contributed by atoms with van der Waals surface area (Å²) in [4.78, 5) is 15.1. The van der Waals surface area contributed by atoms with Gasteiger partial charge in [0.1, 0.15) is 5.69 Å². The first-order valence-corrected chi connectivity index (χ1v) is 8.54. The third kappa shape index (κ3) is 4.27. The Morgan fingerprint density at radius 2 is 2.09 bits per heavy atom. The van der Waals surface area contributed by atoms with Gasteiger partial charge in [0.2, 0.25) is 11.9 Å². The Hall–Kier alpha value is -1.96. The zero-order valence-electron chi connectivity index (χ0n) is 12.2. The molecular formula is C14H18FN3O3S. The molecule has 1 aromatic heterocycles. The summed E-state index contributed by atoms with van der Waals surface area (Å²) in [7, 11) is -3.92. The molecule has 0 bridgehead atoms. The van der Waals surface area contributed by atoms with Gasteiger partial charge in [-0.1, -0.05) is 12.8 Å². The molecule has 1 aliphatic carbocycles. The highest BCUT2D eigenvalue weighted by Crippen LogP contribution is 2.24. The Labute approximate surface area is 128 Å². The van der Waals surface area contributed by atoms with Gasteiger partial charge in [0.05, 0.1) is 5.41 Å². The van der Waals surface area contributed by atoms with Gasteiger partial charge in [-0.25, -0.2) is 13.4 Å². The lowest BCUT2D eigenvalue weighted by molar-refractivity contribution is -0.123. The highest BCUT2D eigenvalue weighted by atomic mass is 32.2. The molecule has 0 unspecified atom stereocenters. The minimum absolute atomic E-state index is 0.0571. The molecule has 6 nitrogen and oxygen atoms in total. The van der Waals surface area contributed by atoms with Gasteiger partial charge in [0.25, 0.3) is 10.0 Å². The minimum atomic E-state index is -3.92. The Morgan fingerprint density at radius 1 is 1.41 bits per heavy atom. The number of hydrogen-bond acceptors (Lipinski definition) is 4. The van der Waals surface area contributed by atoms with Gasteiger partial charge in [-0.15, -0.1) is 0 Å². The van der Waals surface area contributed by atoms with Crippen LogP contribution in [0.15, 0.2) is 23.9 Å². The van der Waals surface area contributed by atoms with Crippen LogP contribution in [0.3, 0.4) is 0 Å². The van der Waals surface area contributed by atoms with E-state index in [0.29, 0.717) is 5.56 Å². The number of rotatable bonds is 5. The monoisotopic (exact) mass is 327 g/mol. The largest absolute Gasteiger partial charge is 0.332 e. The van der Waals surface area contributed by atoms with E-state index in [1.807, 2.05) is 0 Å². The lowest BCUT2D eigenvalue weighted by Crippen LogP contribution is -2.25. The van der Waals surface area contributed by atoms with Crippen molar-refractivity contribution in [3.63, 3.8) is 0 Å². The van der Waals surface area contributed by atoms with Gasteiger partial charge in [-0.2, -0.15) is 4.39 Å². The second-order valence-corrected chi connectivity index (χ2v) is 6.80. The maximum atomic E-state index is 13.5. The van der Waals surface area contributed by atoms with E-state index >= 15 is 0 Å². The van der Waals surface area contributed by atoms with Gasteiger partial charge >= 0.3 is 0 Å². The number of nitrogens with zero attached hydrogens (tertiary/aromatic N) is 1. The van der Waals surface area contributed by atoms with Crippen LogP contribution in [0.1, 0.15) is 31.2 Å². The lowest BCUT2D eigenvalue weighted by atomic mass is 10.1. The van der Waals surface area contributed by atoms with Crippen molar-refractivity contribution < 1.29 is 17.6 Å². The number of carbonyl (C=O) groups excluding carboxylic acids is 1. The van der Waals surface area contributed by atoms with Crippen molar-refractivity contribution in [2.24, 2.45) is 5.92 Å². The molecule has 0 spiro atoms. The number of pyridine rings is 1. The normalized spacial score (nSPS) is 16.1. The molecule has 2 rings (SSSR count). The van der Waals surface area contributed by atoms with Crippen molar-refractivity contribution in [2.45, 2.75) is 32.6 Å². The Kier molecular flexibility index (Phi) is 5.12. The third-order valence-electron chi connectivity index (χ3n) is 3.56. The zero-order valence-corrected chi connectivity index (χ0v) is 13.0. The van der Waals surface area contributed by atoms with Gasteiger partial charge in [-0.3, -0.25) is 9.52 Å². The standard InChI is InChI=1S/C14H18FN3O3S/c1-10-6-7-16-13(15)12(10)18-22(20,21)9-8-17-14(19)11-4-2-3-5-11/h6-9,11,18H,2-5H2,1H3,(H,17,19)/b9-8+. The van der Waals surface area contributed by atoms with E-state index in [-0.39, 0.29) is 17.5 Å². The molecule has 1 saturated carbocycles. The van der Waals surface area contributed by atoms with Crippen molar-refractivity contribution >= 4 is 21.6 Å². The molecular weight excluding hydrogens is 309 g/mol. The summed E-state index contributed by atoms with van der Waals surface area (Å²) < 4.78 is 39.3. The van der Waals surface area contributed by atoms with Crippen LogP contribution < -0.4 is 10.0 Å². The number of sulfonamides is 1. The number of carbonyl (C=O) groups is 1. The van der Waals surface area contributed by atoms with Crippen LogP contribution in [0.4, 0.5) is 10.1 Å². The van der Waals surface area contributed by atoms with E-state index < -0.39 is 16.0 Å². The summed E-state index contributed by atoms with van der Waals surface area (Å²) in [6.07, 6.45) is 5.99. The molecule has 0 aromatic carbocycles. The van der Waals surface area contributed by atoms with Crippen LogP contribution in [0.25, 0.3) is 0 Å². The van der Waals surface area contributed by atoms with Crippen LogP contribution in [0, 0.1) is 18.8 Å². The number of aryl methyl sites for hydroxylation is 1. The van der Waals surface area contributed by atoms with Crippen molar-refractivity contribution in [1.82, 2.24) is 10.3 Å². The molecule has 22 heavy (non-hydrogen) atoms. The lowest BCUT2D eigenvalue weighted by Gasteiger charge is -2.09. The molecule has 1 heterocycles. The predicted molar refractivity (Wildman–Crippen MR) is 80.7 cm³/mol. The van der Waals surface area contributed by atoms with Crippen LogP contribution >= 0.6 is 0 Å². The van der Waals surface area contributed by atoms with Crippen molar-refractivity contribution in [3.8, 4) is 0 Å². The molecule has 0 saturated heterocycles. The zero-order chi connectivity index (χ0) is 16.2. The number of aromatic nitrogens is 1. The van der Waals surface area contributed by atoms with Crippen molar-refractivity contribution in [3.05, 3.63) is 35.4 Å². The van der Waals surface area contributed by atoms with Gasteiger partial charge < -0.3 is 5.32 Å². The number of hydrogen-bond donors (Lipinski definition) is 2. The molecule has 1 aromatic rings. The average molecular weight is 327 g/mol. The smallest absolute Gasteiger partial charge is 0.256 e. The Morgan fingerprint density at radius 3 is 2.73 bits per heavy atom. The van der Waals surface area contributed by atoms with E-state index in [0.717, 1.165) is 37.3 Å². The predicted octanol–water partition coefficient (Wildman–Crippen LogP) is 2.05. The van der Waals surface area contributed by atoms with Gasteiger partial charge in [-0.05, 0) is 31.4 Å². The maximum Gasteiger partial charge on any atom is 0.256 e.